The molecule has 2 aliphatic heterocycles. The van der Waals surface area contributed by atoms with Crippen LogP contribution < -0.4 is 5.32 Å². The van der Waals surface area contributed by atoms with Gasteiger partial charge in [0.15, 0.2) is 0 Å². The van der Waals surface area contributed by atoms with Crippen molar-refractivity contribution < 1.29 is 14.3 Å². The van der Waals surface area contributed by atoms with E-state index in [1.807, 2.05) is 11.8 Å². The summed E-state index contributed by atoms with van der Waals surface area (Å²) < 4.78 is 11.7. The van der Waals surface area contributed by atoms with Gasteiger partial charge in [-0.3, -0.25) is 4.79 Å². The lowest BCUT2D eigenvalue weighted by molar-refractivity contribution is -0.153. The van der Waals surface area contributed by atoms with Crippen LogP contribution in [-0.4, -0.2) is 61.4 Å². The van der Waals surface area contributed by atoms with Crippen molar-refractivity contribution in [1.29, 1.82) is 0 Å². The van der Waals surface area contributed by atoms with E-state index < -0.39 is 0 Å². The second-order valence-electron chi connectivity index (χ2n) is 6.85. The van der Waals surface area contributed by atoms with Gasteiger partial charge in [0.2, 0.25) is 0 Å². The summed E-state index contributed by atoms with van der Waals surface area (Å²) in [5, 5.41) is 3.35. The highest BCUT2D eigenvalue weighted by molar-refractivity contribution is 5.80. The smallest absolute Gasteiger partial charge is 0.251 e. The molecule has 2 aliphatic rings. The Morgan fingerprint density at radius 1 is 1.33 bits per heavy atom. The molecular formula is C16H30N2O3. The average Bonchev–Trinajstić information content (AvgIpc) is 2.72. The molecule has 0 aromatic heterocycles. The Labute approximate surface area is 128 Å². The molecule has 122 valence electrons. The van der Waals surface area contributed by atoms with Gasteiger partial charge in [0.05, 0.1) is 18.3 Å². The van der Waals surface area contributed by atoms with Gasteiger partial charge in [-0.2, -0.15) is 0 Å². The van der Waals surface area contributed by atoms with Gasteiger partial charge in [-0.25, -0.2) is 0 Å². The third-order valence-electron chi connectivity index (χ3n) is 4.21. The SMILES string of the molecule is CC(OCC1CNCC(C)(C)O1)C(=O)N1CCCCCC1. The largest absolute Gasteiger partial charge is 0.367 e. The standard InChI is InChI=1S/C16H30N2O3/c1-13(15(19)18-8-6-4-5-7-9-18)20-11-14-10-17-12-16(2,3)21-14/h13-14,17H,4-12H2,1-3H3. The van der Waals surface area contributed by atoms with Crippen molar-refractivity contribution in [3.05, 3.63) is 0 Å². The topological polar surface area (TPSA) is 50.8 Å². The molecule has 21 heavy (non-hydrogen) atoms. The Morgan fingerprint density at radius 3 is 2.62 bits per heavy atom. The van der Waals surface area contributed by atoms with E-state index in [1.165, 1.54) is 12.8 Å². The molecule has 2 fully saturated rings. The van der Waals surface area contributed by atoms with Crippen LogP contribution in [0.2, 0.25) is 0 Å². The fourth-order valence-electron chi connectivity index (χ4n) is 3.03. The highest BCUT2D eigenvalue weighted by atomic mass is 16.6. The number of amides is 1. The van der Waals surface area contributed by atoms with Crippen LogP contribution in [0.15, 0.2) is 0 Å². The maximum atomic E-state index is 12.4. The molecule has 2 saturated heterocycles. The normalized spacial score (nSPS) is 28.0. The first-order chi connectivity index (χ1) is 9.98. The summed E-state index contributed by atoms with van der Waals surface area (Å²) >= 11 is 0. The Balaban J connectivity index is 1.75. The maximum Gasteiger partial charge on any atom is 0.251 e. The van der Waals surface area contributed by atoms with E-state index in [9.17, 15) is 4.79 Å². The highest BCUT2D eigenvalue weighted by Gasteiger charge is 2.29. The number of carbonyl (C=O) groups is 1. The van der Waals surface area contributed by atoms with Crippen molar-refractivity contribution in [3.8, 4) is 0 Å². The van der Waals surface area contributed by atoms with E-state index >= 15 is 0 Å². The summed E-state index contributed by atoms with van der Waals surface area (Å²) in [6.45, 7) is 9.85. The number of hydrogen-bond donors (Lipinski definition) is 1. The number of hydrogen-bond acceptors (Lipinski definition) is 4. The minimum absolute atomic E-state index is 0.0214. The van der Waals surface area contributed by atoms with Crippen LogP contribution in [0.4, 0.5) is 0 Å². The lowest BCUT2D eigenvalue weighted by Crippen LogP contribution is -2.52. The van der Waals surface area contributed by atoms with Crippen molar-refractivity contribution in [3.63, 3.8) is 0 Å². The van der Waals surface area contributed by atoms with E-state index in [1.54, 1.807) is 0 Å². The lowest BCUT2D eigenvalue weighted by atomic mass is 10.1. The summed E-state index contributed by atoms with van der Waals surface area (Å²) in [6.07, 6.45) is 4.33. The molecule has 2 heterocycles. The summed E-state index contributed by atoms with van der Waals surface area (Å²) in [4.78, 5) is 14.4. The number of carbonyl (C=O) groups excluding carboxylic acids is 1. The third kappa shape index (κ3) is 5.24. The van der Waals surface area contributed by atoms with Gasteiger partial charge in [0.1, 0.15) is 6.10 Å². The Kier molecular flexibility index (Phi) is 6.02. The summed E-state index contributed by atoms with van der Waals surface area (Å²) in [5.74, 6) is 0.125. The van der Waals surface area contributed by atoms with Crippen LogP contribution in [-0.2, 0) is 14.3 Å². The number of ether oxygens (including phenoxy) is 2. The van der Waals surface area contributed by atoms with Gasteiger partial charge in [0, 0.05) is 26.2 Å². The molecule has 0 aromatic rings. The summed E-state index contributed by atoms with van der Waals surface area (Å²) in [5.41, 5.74) is -0.162. The third-order valence-corrected chi connectivity index (χ3v) is 4.21. The quantitative estimate of drug-likeness (QED) is 0.856. The fourth-order valence-corrected chi connectivity index (χ4v) is 3.03. The molecule has 0 radical (unpaired) electrons. The van der Waals surface area contributed by atoms with Crippen LogP contribution >= 0.6 is 0 Å². The highest BCUT2D eigenvalue weighted by Crippen LogP contribution is 2.16. The number of morpholine rings is 1. The molecule has 2 atom stereocenters. The number of nitrogens with zero attached hydrogens (tertiary/aromatic N) is 1. The van der Waals surface area contributed by atoms with Gasteiger partial charge in [-0.1, -0.05) is 12.8 Å². The molecule has 0 aromatic carbocycles. The average molecular weight is 298 g/mol. The first kappa shape index (κ1) is 16.7. The summed E-state index contributed by atoms with van der Waals surface area (Å²) in [6, 6.07) is 0. The predicted molar refractivity (Wildman–Crippen MR) is 82.3 cm³/mol. The van der Waals surface area contributed by atoms with Crippen molar-refractivity contribution in [2.45, 2.75) is 64.3 Å². The van der Waals surface area contributed by atoms with Crippen molar-refractivity contribution in [1.82, 2.24) is 10.2 Å². The zero-order chi connectivity index (χ0) is 15.3. The van der Waals surface area contributed by atoms with Gasteiger partial charge in [-0.15, -0.1) is 0 Å². The molecule has 0 bridgehead atoms. The maximum absolute atomic E-state index is 12.4. The first-order valence-electron chi connectivity index (χ1n) is 8.27. The Hall–Kier alpha value is -0.650. The molecule has 0 saturated carbocycles. The van der Waals surface area contributed by atoms with E-state index in [4.69, 9.17) is 9.47 Å². The van der Waals surface area contributed by atoms with Crippen LogP contribution in [0, 0.1) is 0 Å². The number of likely N-dealkylation sites (tertiary alicyclic amines) is 1. The molecule has 0 aliphatic carbocycles. The number of rotatable bonds is 4. The molecular weight excluding hydrogens is 268 g/mol. The lowest BCUT2D eigenvalue weighted by Gasteiger charge is -2.37. The summed E-state index contributed by atoms with van der Waals surface area (Å²) in [7, 11) is 0. The van der Waals surface area contributed by atoms with Crippen molar-refractivity contribution in [2.75, 3.05) is 32.8 Å². The van der Waals surface area contributed by atoms with E-state index in [0.717, 1.165) is 39.0 Å². The molecule has 1 amide bonds. The van der Waals surface area contributed by atoms with Crippen LogP contribution in [0.3, 0.4) is 0 Å². The van der Waals surface area contributed by atoms with Gasteiger partial charge in [-0.05, 0) is 33.6 Å². The van der Waals surface area contributed by atoms with E-state index in [0.29, 0.717) is 6.61 Å². The predicted octanol–water partition coefficient (Wildman–Crippen LogP) is 1.56. The van der Waals surface area contributed by atoms with Gasteiger partial charge in [0.25, 0.3) is 5.91 Å². The van der Waals surface area contributed by atoms with Crippen molar-refractivity contribution >= 4 is 5.91 Å². The molecule has 2 unspecified atom stereocenters. The van der Waals surface area contributed by atoms with Crippen LogP contribution in [0.1, 0.15) is 46.5 Å². The van der Waals surface area contributed by atoms with E-state index in [-0.39, 0.29) is 23.7 Å². The Bertz CT molecular complexity index is 338. The van der Waals surface area contributed by atoms with E-state index in [2.05, 4.69) is 19.2 Å². The first-order valence-corrected chi connectivity index (χ1v) is 8.27. The van der Waals surface area contributed by atoms with Gasteiger partial charge >= 0.3 is 0 Å². The van der Waals surface area contributed by atoms with Crippen LogP contribution in [0.25, 0.3) is 0 Å². The minimum Gasteiger partial charge on any atom is -0.367 e. The molecule has 2 rings (SSSR count). The van der Waals surface area contributed by atoms with Crippen molar-refractivity contribution in [2.24, 2.45) is 0 Å². The molecule has 5 nitrogen and oxygen atoms in total. The second-order valence-corrected chi connectivity index (χ2v) is 6.85. The zero-order valence-corrected chi connectivity index (χ0v) is 13.7. The Morgan fingerprint density at radius 2 is 2.00 bits per heavy atom. The minimum atomic E-state index is -0.378. The van der Waals surface area contributed by atoms with Crippen LogP contribution in [0.5, 0.6) is 0 Å². The fraction of sp³-hybridized carbons (Fsp3) is 0.938. The zero-order valence-electron chi connectivity index (χ0n) is 13.7. The number of nitrogens with one attached hydrogen (secondary N) is 1. The monoisotopic (exact) mass is 298 g/mol. The molecule has 1 N–H and O–H groups in total. The van der Waals surface area contributed by atoms with Gasteiger partial charge < -0.3 is 19.7 Å². The molecule has 5 heteroatoms. The molecule has 0 spiro atoms. The second kappa shape index (κ2) is 7.56.